The van der Waals surface area contributed by atoms with Crippen LogP contribution in [-0.4, -0.2) is 30.1 Å². The fraction of sp³-hybridized carbons (Fsp3) is 0.108. The van der Waals surface area contributed by atoms with Crippen LogP contribution in [0.4, 0.5) is 11.4 Å². The summed E-state index contributed by atoms with van der Waals surface area (Å²) in [7, 11) is 1.58. The van der Waals surface area contributed by atoms with Gasteiger partial charge in [-0.2, -0.15) is 0 Å². The predicted molar refractivity (Wildman–Crippen MR) is 182 cm³/mol. The highest BCUT2D eigenvalue weighted by Crippen LogP contribution is 2.29. The van der Waals surface area contributed by atoms with Crippen LogP contribution in [0.3, 0.4) is 0 Å². The van der Waals surface area contributed by atoms with E-state index in [2.05, 4.69) is 16.0 Å². The third kappa shape index (κ3) is 8.40. The number of anilines is 2. The van der Waals surface area contributed by atoms with Crippen LogP contribution >= 0.6 is 11.8 Å². The summed E-state index contributed by atoms with van der Waals surface area (Å²) in [5.41, 5.74) is 2.49. The Morgan fingerprint density at radius 2 is 1.47 bits per heavy atom. The highest BCUT2D eigenvalue weighted by Gasteiger charge is 2.20. The molecule has 0 aromatic heterocycles. The first kappa shape index (κ1) is 31.1. The maximum Gasteiger partial charge on any atom is 0.272 e. The molecule has 0 saturated heterocycles. The van der Waals surface area contributed by atoms with Crippen molar-refractivity contribution in [1.29, 1.82) is 0 Å². The van der Waals surface area contributed by atoms with Crippen LogP contribution in [-0.2, 0) is 9.59 Å². The molecule has 0 aliphatic carbocycles. The first-order chi connectivity index (χ1) is 21.9. The van der Waals surface area contributed by atoms with Gasteiger partial charge in [-0.05, 0) is 83.4 Å². The summed E-state index contributed by atoms with van der Waals surface area (Å²) >= 11 is 1.42. The van der Waals surface area contributed by atoms with E-state index in [0.29, 0.717) is 29.0 Å². The van der Waals surface area contributed by atoms with Crippen molar-refractivity contribution in [2.75, 3.05) is 17.7 Å². The number of hydrogen-bond acceptors (Lipinski definition) is 5. The van der Waals surface area contributed by atoms with Crippen molar-refractivity contribution in [1.82, 2.24) is 5.32 Å². The number of fused-ring (bicyclic) bond motifs is 1. The second kappa shape index (κ2) is 14.9. The van der Waals surface area contributed by atoms with Crippen LogP contribution in [0.2, 0.25) is 0 Å². The molecule has 0 radical (unpaired) electrons. The Kier molecular flexibility index (Phi) is 10.3. The molecule has 0 aliphatic heterocycles. The smallest absolute Gasteiger partial charge is 0.272 e. The molecule has 3 amide bonds. The van der Waals surface area contributed by atoms with Crippen molar-refractivity contribution >= 4 is 57.7 Å². The summed E-state index contributed by atoms with van der Waals surface area (Å²) in [6.45, 7) is 1.97. The maximum absolute atomic E-state index is 13.5. The molecule has 0 heterocycles. The fourth-order valence-electron chi connectivity index (χ4n) is 4.63. The van der Waals surface area contributed by atoms with Crippen LogP contribution < -0.4 is 20.7 Å². The summed E-state index contributed by atoms with van der Waals surface area (Å²) < 4.78 is 5.23. The average Bonchev–Trinajstić information content (AvgIpc) is 3.07. The molecule has 45 heavy (non-hydrogen) atoms. The van der Waals surface area contributed by atoms with Gasteiger partial charge in [0.05, 0.1) is 12.4 Å². The van der Waals surface area contributed by atoms with Gasteiger partial charge in [-0.1, -0.05) is 73.7 Å². The number of amides is 3. The Morgan fingerprint density at radius 3 is 2.20 bits per heavy atom. The number of benzene rings is 5. The SMILES string of the molecule is CCC(Sc1cccc(NC(=O)/C(=C\c2ccc(OC)cc2)NC(=O)c2ccccc2)c1)C(=O)Nc1ccc2ccccc2c1. The number of carbonyl (C=O) groups is 3. The number of ether oxygens (including phenoxy) is 1. The number of methoxy groups -OCH3 is 1. The van der Waals surface area contributed by atoms with Crippen LogP contribution in [0.25, 0.3) is 16.8 Å². The first-order valence-electron chi connectivity index (χ1n) is 14.5. The van der Waals surface area contributed by atoms with Gasteiger partial charge < -0.3 is 20.7 Å². The monoisotopic (exact) mass is 615 g/mol. The quantitative estimate of drug-likeness (QED) is 0.104. The van der Waals surface area contributed by atoms with Gasteiger partial charge in [0.25, 0.3) is 11.8 Å². The van der Waals surface area contributed by atoms with Crippen molar-refractivity contribution in [3.05, 3.63) is 138 Å². The van der Waals surface area contributed by atoms with Gasteiger partial charge in [0.2, 0.25) is 5.91 Å². The van der Waals surface area contributed by atoms with E-state index in [-0.39, 0.29) is 16.9 Å². The van der Waals surface area contributed by atoms with Crippen LogP contribution in [0.15, 0.2) is 132 Å². The topological polar surface area (TPSA) is 96.5 Å². The van der Waals surface area contributed by atoms with Crippen LogP contribution in [0, 0.1) is 0 Å². The van der Waals surface area contributed by atoms with Gasteiger partial charge in [-0.25, -0.2) is 0 Å². The van der Waals surface area contributed by atoms with Gasteiger partial charge in [-0.3, -0.25) is 14.4 Å². The lowest BCUT2D eigenvalue weighted by molar-refractivity contribution is -0.116. The molecule has 8 heteroatoms. The van der Waals surface area contributed by atoms with Gasteiger partial charge in [0, 0.05) is 21.8 Å². The molecule has 0 spiro atoms. The number of rotatable bonds is 11. The Hall–Kier alpha value is -5.34. The van der Waals surface area contributed by atoms with Crippen molar-refractivity contribution in [2.45, 2.75) is 23.5 Å². The Labute approximate surface area is 266 Å². The van der Waals surface area contributed by atoms with Gasteiger partial charge in [0.1, 0.15) is 11.4 Å². The second-order valence-electron chi connectivity index (χ2n) is 10.2. The van der Waals surface area contributed by atoms with Crippen LogP contribution in [0.1, 0.15) is 29.3 Å². The lowest BCUT2D eigenvalue weighted by atomic mass is 10.1. The standard InChI is InChI=1S/C37H33N3O4S/c1-3-34(37(43)39-30-19-18-26-10-7-8-13-28(26)23-30)45-32-15-9-14-29(24-32)38-36(42)33(22-25-16-20-31(44-2)21-17-25)40-35(41)27-11-5-4-6-12-27/h4-24,34H,3H2,1-2H3,(H,38,42)(H,39,43)(H,40,41)/b33-22+. The zero-order valence-electron chi connectivity index (χ0n) is 25.0. The maximum atomic E-state index is 13.5. The lowest BCUT2D eigenvalue weighted by Crippen LogP contribution is -2.30. The normalized spacial score (nSPS) is 11.8. The highest BCUT2D eigenvalue weighted by molar-refractivity contribution is 8.00. The molecule has 1 atom stereocenters. The van der Waals surface area contributed by atoms with E-state index in [1.165, 1.54) is 11.8 Å². The zero-order valence-corrected chi connectivity index (χ0v) is 25.8. The van der Waals surface area contributed by atoms with Gasteiger partial charge >= 0.3 is 0 Å². The average molecular weight is 616 g/mol. The van der Waals surface area contributed by atoms with E-state index in [1.807, 2.05) is 73.7 Å². The van der Waals surface area contributed by atoms with Crippen molar-refractivity contribution < 1.29 is 19.1 Å². The number of nitrogens with one attached hydrogen (secondary N) is 3. The second-order valence-corrected chi connectivity index (χ2v) is 11.5. The summed E-state index contributed by atoms with van der Waals surface area (Å²) in [6, 6.07) is 37.0. The molecule has 7 nitrogen and oxygen atoms in total. The van der Waals surface area contributed by atoms with E-state index in [9.17, 15) is 14.4 Å². The number of thioether (sulfide) groups is 1. The first-order valence-corrected chi connectivity index (χ1v) is 15.4. The molecule has 0 bridgehead atoms. The number of carbonyl (C=O) groups excluding carboxylic acids is 3. The minimum atomic E-state index is -0.488. The van der Waals surface area contributed by atoms with Crippen LogP contribution in [0.5, 0.6) is 5.75 Å². The molecular weight excluding hydrogens is 582 g/mol. The molecule has 5 rings (SSSR count). The molecule has 0 saturated carbocycles. The molecule has 226 valence electrons. The summed E-state index contributed by atoms with van der Waals surface area (Å²) in [4.78, 5) is 40.5. The molecule has 5 aromatic rings. The molecule has 1 unspecified atom stereocenters. The lowest BCUT2D eigenvalue weighted by Gasteiger charge is -2.16. The molecule has 0 fully saturated rings. The van der Waals surface area contributed by atoms with E-state index in [1.54, 1.807) is 67.8 Å². The van der Waals surface area contributed by atoms with Crippen molar-refractivity contribution in [3.63, 3.8) is 0 Å². The minimum absolute atomic E-state index is 0.0771. The fourth-order valence-corrected chi connectivity index (χ4v) is 5.64. The van der Waals surface area contributed by atoms with E-state index in [4.69, 9.17) is 4.74 Å². The van der Waals surface area contributed by atoms with E-state index < -0.39 is 11.8 Å². The third-order valence-corrected chi connectivity index (χ3v) is 8.36. The van der Waals surface area contributed by atoms with Crippen molar-refractivity contribution in [3.8, 4) is 5.75 Å². The zero-order chi connectivity index (χ0) is 31.6. The van der Waals surface area contributed by atoms with Crippen molar-refractivity contribution in [2.24, 2.45) is 0 Å². The Bertz CT molecular complexity index is 1840. The minimum Gasteiger partial charge on any atom is -0.497 e. The Balaban J connectivity index is 1.30. The third-order valence-electron chi connectivity index (χ3n) is 7.01. The van der Waals surface area contributed by atoms with Gasteiger partial charge in [-0.15, -0.1) is 11.8 Å². The molecule has 3 N–H and O–H groups in total. The highest BCUT2D eigenvalue weighted by atomic mass is 32.2. The summed E-state index contributed by atoms with van der Waals surface area (Å²) in [5.74, 6) is -0.311. The molecular formula is C37H33N3O4S. The Morgan fingerprint density at radius 1 is 0.756 bits per heavy atom. The summed E-state index contributed by atoms with van der Waals surface area (Å²) in [5, 5.41) is 10.5. The molecule has 5 aromatic carbocycles. The van der Waals surface area contributed by atoms with Gasteiger partial charge in [0.15, 0.2) is 0 Å². The largest absolute Gasteiger partial charge is 0.497 e. The number of hydrogen-bond donors (Lipinski definition) is 3. The van der Waals surface area contributed by atoms with E-state index >= 15 is 0 Å². The molecule has 0 aliphatic rings. The summed E-state index contributed by atoms with van der Waals surface area (Å²) in [6.07, 6.45) is 2.22. The predicted octanol–water partition coefficient (Wildman–Crippen LogP) is 7.77. The van der Waals surface area contributed by atoms with E-state index in [0.717, 1.165) is 21.4 Å².